The van der Waals surface area contributed by atoms with Gasteiger partial charge in [0, 0.05) is 11.3 Å². The minimum atomic E-state index is -0.283. The Labute approximate surface area is 111 Å². The molecule has 0 amide bonds. The summed E-state index contributed by atoms with van der Waals surface area (Å²) in [4.78, 5) is 0. The van der Waals surface area contributed by atoms with Crippen molar-refractivity contribution in [1.29, 1.82) is 0 Å². The van der Waals surface area contributed by atoms with Crippen molar-refractivity contribution in [1.82, 2.24) is 0 Å². The van der Waals surface area contributed by atoms with Gasteiger partial charge in [-0.25, -0.2) is 4.39 Å². The molecule has 0 aromatic heterocycles. The zero-order valence-corrected chi connectivity index (χ0v) is 10.7. The third kappa shape index (κ3) is 1.95. The predicted molar refractivity (Wildman–Crippen MR) is 78.5 cm³/mol. The highest BCUT2D eigenvalue weighted by Crippen LogP contribution is 2.32. The number of anilines is 1. The van der Waals surface area contributed by atoms with Crippen molar-refractivity contribution in [3.63, 3.8) is 0 Å². The molecule has 0 saturated heterocycles. The maximum Gasteiger partial charge on any atom is 0.133 e. The van der Waals surface area contributed by atoms with Crippen LogP contribution in [0.5, 0.6) is 0 Å². The predicted octanol–water partition coefficient (Wildman–Crippen LogP) is 4.54. The fraction of sp³-hybridized carbons (Fsp3) is 0.0588. The summed E-state index contributed by atoms with van der Waals surface area (Å²) in [7, 11) is 0. The zero-order chi connectivity index (χ0) is 13.4. The van der Waals surface area contributed by atoms with Gasteiger partial charge in [0.05, 0.1) is 0 Å². The molecule has 0 bridgehead atoms. The highest BCUT2D eigenvalue weighted by atomic mass is 19.1. The average Bonchev–Trinajstić information content (AvgIpc) is 2.41. The first-order chi connectivity index (χ1) is 9.16. The van der Waals surface area contributed by atoms with Gasteiger partial charge in [-0.1, -0.05) is 36.4 Å². The summed E-state index contributed by atoms with van der Waals surface area (Å²) in [6.07, 6.45) is 0. The molecule has 0 aliphatic heterocycles. The highest BCUT2D eigenvalue weighted by molar-refractivity contribution is 5.98. The van der Waals surface area contributed by atoms with Crippen molar-refractivity contribution >= 4 is 16.5 Å². The topological polar surface area (TPSA) is 26.0 Å². The van der Waals surface area contributed by atoms with Crippen LogP contribution in [0.25, 0.3) is 21.9 Å². The lowest BCUT2D eigenvalue weighted by Crippen LogP contribution is -1.91. The molecule has 0 heterocycles. The molecule has 19 heavy (non-hydrogen) atoms. The number of benzene rings is 3. The number of aryl methyl sites for hydroxylation is 1. The lowest BCUT2D eigenvalue weighted by Gasteiger charge is -2.10. The summed E-state index contributed by atoms with van der Waals surface area (Å²) in [6.45, 7) is 2.06. The third-order valence-electron chi connectivity index (χ3n) is 3.43. The first kappa shape index (κ1) is 11.7. The van der Waals surface area contributed by atoms with Gasteiger partial charge in [0.25, 0.3) is 0 Å². The van der Waals surface area contributed by atoms with Crippen LogP contribution in [0.2, 0.25) is 0 Å². The Bertz CT molecular complexity index is 762. The smallest absolute Gasteiger partial charge is 0.133 e. The molecule has 0 spiro atoms. The molecule has 94 valence electrons. The summed E-state index contributed by atoms with van der Waals surface area (Å²) >= 11 is 0. The van der Waals surface area contributed by atoms with Crippen LogP contribution in [0, 0.1) is 12.7 Å². The molecule has 2 N–H and O–H groups in total. The van der Waals surface area contributed by atoms with E-state index in [2.05, 4.69) is 13.0 Å². The molecule has 3 aromatic rings. The second-order valence-electron chi connectivity index (χ2n) is 4.71. The first-order valence-corrected chi connectivity index (χ1v) is 6.20. The Balaban J connectivity index is 2.34. The molecule has 0 fully saturated rings. The van der Waals surface area contributed by atoms with Crippen LogP contribution >= 0.6 is 0 Å². The van der Waals surface area contributed by atoms with E-state index < -0.39 is 0 Å². The maximum atomic E-state index is 14.1. The van der Waals surface area contributed by atoms with Gasteiger partial charge in [-0.15, -0.1) is 0 Å². The van der Waals surface area contributed by atoms with Gasteiger partial charge in [-0.05, 0) is 47.0 Å². The van der Waals surface area contributed by atoms with Crippen LogP contribution in [0.1, 0.15) is 5.56 Å². The van der Waals surface area contributed by atoms with Gasteiger partial charge in [-0.2, -0.15) is 0 Å². The van der Waals surface area contributed by atoms with Crippen molar-refractivity contribution in [2.45, 2.75) is 6.92 Å². The van der Waals surface area contributed by atoms with Gasteiger partial charge >= 0.3 is 0 Å². The summed E-state index contributed by atoms with van der Waals surface area (Å²) in [5.41, 5.74) is 8.72. The minimum absolute atomic E-state index is 0.283. The summed E-state index contributed by atoms with van der Waals surface area (Å²) in [5, 5.41) is 2.21. The molecule has 0 saturated carbocycles. The molecule has 0 unspecified atom stereocenters. The Morgan fingerprint density at radius 3 is 2.26 bits per heavy atom. The van der Waals surface area contributed by atoms with Crippen molar-refractivity contribution in [2.75, 3.05) is 5.73 Å². The average molecular weight is 251 g/mol. The fourth-order valence-corrected chi connectivity index (χ4v) is 2.43. The van der Waals surface area contributed by atoms with Crippen LogP contribution in [-0.2, 0) is 0 Å². The molecule has 3 rings (SSSR count). The SMILES string of the molecule is Cc1ccc(-c2ccc(N)cc2F)c2ccccc12. The Morgan fingerprint density at radius 1 is 0.842 bits per heavy atom. The van der Waals surface area contributed by atoms with Gasteiger partial charge < -0.3 is 5.73 Å². The number of nitrogens with two attached hydrogens (primary N) is 1. The van der Waals surface area contributed by atoms with Gasteiger partial charge in [0.15, 0.2) is 0 Å². The lowest BCUT2D eigenvalue weighted by molar-refractivity contribution is 0.632. The summed E-state index contributed by atoms with van der Waals surface area (Å²) in [6, 6.07) is 16.9. The van der Waals surface area contributed by atoms with Crippen LogP contribution < -0.4 is 5.73 Å². The van der Waals surface area contributed by atoms with Crippen LogP contribution in [-0.4, -0.2) is 0 Å². The Morgan fingerprint density at radius 2 is 1.53 bits per heavy atom. The molecule has 3 aromatic carbocycles. The monoisotopic (exact) mass is 251 g/mol. The van der Waals surface area contributed by atoms with Crippen molar-refractivity contribution in [3.8, 4) is 11.1 Å². The first-order valence-electron chi connectivity index (χ1n) is 6.20. The fourth-order valence-electron chi connectivity index (χ4n) is 2.43. The Kier molecular flexibility index (Phi) is 2.71. The standard InChI is InChI=1S/C17H14FN/c1-11-6-8-15(14-5-3-2-4-13(11)14)16-9-7-12(19)10-17(16)18/h2-10H,19H2,1H3. The number of hydrogen-bond acceptors (Lipinski definition) is 1. The van der Waals surface area contributed by atoms with E-state index in [9.17, 15) is 4.39 Å². The highest BCUT2D eigenvalue weighted by Gasteiger charge is 2.09. The Hall–Kier alpha value is -2.35. The quantitative estimate of drug-likeness (QED) is 0.631. The molecule has 0 aliphatic carbocycles. The number of hydrogen-bond donors (Lipinski definition) is 1. The van der Waals surface area contributed by atoms with Crippen molar-refractivity contribution in [2.24, 2.45) is 0 Å². The number of nitrogen functional groups attached to an aromatic ring is 1. The van der Waals surface area contributed by atoms with Crippen LogP contribution in [0.15, 0.2) is 54.6 Å². The second kappa shape index (κ2) is 4.39. The molecular formula is C17H14FN. The largest absolute Gasteiger partial charge is 0.399 e. The van der Waals surface area contributed by atoms with Crippen LogP contribution in [0.4, 0.5) is 10.1 Å². The van der Waals surface area contributed by atoms with E-state index in [1.807, 2.05) is 30.3 Å². The number of rotatable bonds is 1. The van der Waals surface area contributed by atoms with Crippen molar-refractivity contribution < 1.29 is 4.39 Å². The summed E-state index contributed by atoms with van der Waals surface area (Å²) in [5.74, 6) is -0.283. The van der Waals surface area contributed by atoms with E-state index in [1.165, 1.54) is 11.6 Å². The van der Waals surface area contributed by atoms with E-state index in [0.29, 0.717) is 11.3 Å². The van der Waals surface area contributed by atoms with E-state index in [4.69, 9.17) is 5.73 Å². The van der Waals surface area contributed by atoms with E-state index >= 15 is 0 Å². The minimum Gasteiger partial charge on any atom is -0.399 e. The number of halogens is 1. The molecule has 0 atom stereocenters. The number of fused-ring (bicyclic) bond motifs is 1. The van der Waals surface area contributed by atoms with Gasteiger partial charge in [0.1, 0.15) is 5.82 Å². The molecular weight excluding hydrogens is 237 g/mol. The lowest BCUT2D eigenvalue weighted by atomic mass is 9.95. The van der Waals surface area contributed by atoms with Gasteiger partial charge in [-0.3, -0.25) is 0 Å². The van der Waals surface area contributed by atoms with Gasteiger partial charge in [0.2, 0.25) is 0 Å². The maximum absolute atomic E-state index is 14.1. The van der Waals surface area contributed by atoms with E-state index in [1.54, 1.807) is 12.1 Å². The molecule has 0 aliphatic rings. The second-order valence-corrected chi connectivity index (χ2v) is 4.71. The molecule has 2 heteroatoms. The zero-order valence-electron chi connectivity index (χ0n) is 10.7. The molecule has 0 radical (unpaired) electrons. The third-order valence-corrected chi connectivity index (χ3v) is 3.43. The summed E-state index contributed by atoms with van der Waals surface area (Å²) < 4.78 is 14.1. The van der Waals surface area contributed by atoms with Crippen LogP contribution in [0.3, 0.4) is 0 Å². The van der Waals surface area contributed by atoms with Crippen molar-refractivity contribution in [3.05, 3.63) is 66.0 Å². The van der Waals surface area contributed by atoms with E-state index in [0.717, 1.165) is 16.3 Å². The normalized spacial score (nSPS) is 10.8. The molecule has 1 nitrogen and oxygen atoms in total. The van der Waals surface area contributed by atoms with E-state index in [-0.39, 0.29) is 5.82 Å².